The van der Waals surface area contributed by atoms with Crippen LogP contribution in [0.15, 0.2) is 30.3 Å². The molecule has 2 aromatic carbocycles. The van der Waals surface area contributed by atoms with E-state index in [4.69, 9.17) is 0 Å². The van der Waals surface area contributed by atoms with Crippen LogP contribution in [0.2, 0.25) is 0 Å². The Morgan fingerprint density at radius 1 is 1.15 bits per heavy atom. The van der Waals surface area contributed by atoms with Gasteiger partial charge >= 0.3 is 0 Å². The van der Waals surface area contributed by atoms with Gasteiger partial charge in [0, 0.05) is 25.2 Å². The highest BCUT2D eigenvalue weighted by atomic mass is 16.2. The Morgan fingerprint density at radius 3 is 2.67 bits per heavy atom. The van der Waals surface area contributed by atoms with Crippen molar-refractivity contribution in [2.75, 3.05) is 16.8 Å². The Morgan fingerprint density at radius 2 is 1.93 bits per heavy atom. The van der Waals surface area contributed by atoms with E-state index in [0.29, 0.717) is 6.42 Å². The van der Waals surface area contributed by atoms with Crippen LogP contribution in [-0.4, -0.2) is 22.4 Å². The van der Waals surface area contributed by atoms with E-state index in [0.717, 1.165) is 54.2 Å². The number of aromatic nitrogens is 2. The largest absolute Gasteiger partial charge is 0.379 e. The van der Waals surface area contributed by atoms with Gasteiger partial charge < -0.3 is 15.2 Å². The number of H-pyrrole nitrogens is 1. The summed E-state index contributed by atoms with van der Waals surface area (Å²) in [5, 5.41) is 3.57. The molecule has 0 unspecified atom stereocenters. The van der Waals surface area contributed by atoms with Crippen molar-refractivity contribution in [2.45, 2.75) is 46.6 Å². The van der Waals surface area contributed by atoms with Crippen LogP contribution in [0.5, 0.6) is 0 Å². The zero-order valence-corrected chi connectivity index (χ0v) is 16.2. The fourth-order valence-electron chi connectivity index (χ4n) is 3.91. The predicted molar refractivity (Wildman–Crippen MR) is 110 cm³/mol. The van der Waals surface area contributed by atoms with E-state index in [1.54, 1.807) is 0 Å². The summed E-state index contributed by atoms with van der Waals surface area (Å²) in [5.41, 5.74) is 7.66. The zero-order chi connectivity index (χ0) is 19.0. The van der Waals surface area contributed by atoms with Crippen LogP contribution < -0.4 is 10.2 Å². The molecule has 0 aliphatic carbocycles. The molecule has 5 nitrogen and oxygen atoms in total. The van der Waals surface area contributed by atoms with Crippen LogP contribution in [0.4, 0.5) is 11.4 Å². The molecule has 0 atom stereocenters. The molecule has 1 fully saturated rings. The smallest absolute Gasteiger partial charge is 0.226 e. The summed E-state index contributed by atoms with van der Waals surface area (Å²) >= 11 is 0. The van der Waals surface area contributed by atoms with Gasteiger partial charge in [0.1, 0.15) is 11.3 Å². The summed E-state index contributed by atoms with van der Waals surface area (Å²) in [4.78, 5) is 22.3. The number of hydrogen-bond acceptors (Lipinski definition) is 3. The number of nitrogens with one attached hydrogen (secondary N) is 2. The molecule has 1 aliphatic heterocycles. The quantitative estimate of drug-likeness (QED) is 0.712. The highest BCUT2D eigenvalue weighted by molar-refractivity contribution is 5.99. The van der Waals surface area contributed by atoms with Gasteiger partial charge in [0.05, 0.1) is 11.2 Å². The number of carbonyl (C=O) groups excluding carboxylic acids is 1. The van der Waals surface area contributed by atoms with Crippen LogP contribution in [0.3, 0.4) is 0 Å². The molecular weight excluding hydrogens is 336 g/mol. The third kappa shape index (κ3) is 3.42. The summed E-state index contributed by atoms with van der Waals surface area (Å²) in [6.07, 6.45) is 2.67. The molecule has 2 heterocycles. The van der Waals surface area contributed by atoms with Gasteiger partial charge in [-0.25, -0.2) is 4.98 Å². The topological polar surface area (TPSA) is 61.0 Å². The lowest BCUT2D eigenvalue weighted by molar-refractivity contribution is -0.119. The molecule has 1 saturated heterocycles. The molecule has 1 aromatic heterocycles. The molecular formula is C22H26N4O. The van der Waals surface area contributed by atoms with E-state index in [1.807, 2.05) is 17.9 Å². The monoisotopic (exact) mass is 362 g/mol. The second-order valence-electron chi connectivity index (χ2n) is 7.44. The third-order valence-electron chi connectivity index (χ3n) is 5.42. The second kappa shape index (κ2) is 7.06. The van der Waals surface area contributed by atoms with Gasteiger partial charge in [-0.05, 0) is 62.4 Å². The first-order chi connectivity index (χ1) is 13.0. The van der Waals surface area contributed by atoms with E-state index in [2.05, 4.69) is 53.4 Å². The fraction of sp³-hybridized carbons (Fsp3) is 0.364. The van der Waals surface area contributed by atoms with Gasteiger partial charge in [0.25, 0.3) is 0 Å². The average Bonchev–Trinajstić information content (AvgIpc) is 3.02. The van der Waals surface area contributed by atoms with E-state index < -0.39 is 0 Å². The summed E-state index contributed by atoms with van der Waals surface area (Å²) in [5.74, 6) is 1.08. The van der Waals surface area contributed by atoms with Gasteiger partial charge in [-0.15, -0.1) is 0 Å². The van der Waals surface area contributed by atoms with Gasteiger partial charge in [-0.2, -0.15) is 0 Å². The number of nitrogens with zero attached hydrogens (tertiary/aromatic N) is 2. The molecule has 3 aromatic rings. The van der Waals surface area contributed by atoms with Crippen molar-refractivity contribution in [3.8, 4) is 0 Å². The standard InChI is InChI=1S/C22H26N4O/c1-14-7-6-8-15(2)18(14)13-23-19-11-17(26-10-5-4-9-21(26)27)12-20-22(19)25-16(3)24-20/h6-8,11-12,23H,4-5,9-10,13H2,1-3H3,(H,24,25). The maximum Gasteiger partial charge on any atom is 0.226 e. The molecule has 140 valence electrons. The number of piperidine rings is 1. The number of aryl methyl sites for hydroxylation is 3. The summed E-state index contributed by atoms with van der Waals surface area (Å²) in [6.45, 7) is 7.76. The molecule has 4 rings (SSSR count). The van der Waals surface area contributed by atoms with Crippen molar-refractivity contribution >= 4 is 28.3 Å². The Bertz CT molecular complexity index is 985. The van der Waals surface area contributed by atoms with Gasteiger partial charge in [-0.3, -0.25) is 4.79 Å². The highest BCUT2D eigenvalue weighted by Gasteiger charge is 2.21. The van der Waals surface area contributed by atoms with E-state index in [-0.39, 0.29) is 5.91 Å². The number of benzene rings is 2. The number of rotatable bonds is 4. The number of anilines is 2. The highest BCUT2D eigenvalue weighted by Crippen LogP contribution is 2.31. The van der Waals surface area contributed by atoms with E-state index in [1.165, 1.54) is 16.7 Å². The van der Waals surface area contributed by atoms with Crippen molar-refractivity contribution in [3.05, 3.63) is 52.8 Å². The van der Waals surface area contributed by atoms with Crippen LogP contribution in [0.1, 0.15) is 41.8 Å². The number of amides is 1. The lowest BCUT2D eigenvalue weighted by Crippen LogP contribution is -2.35. The minimum atomic E-state index is 0.206. The molecule has 0 bridgehead atoms. The molecule has 0 radical (unpaired) electrons. The van der Waals surface area contributed by atoms with Gasteiger partial charge in [0.2, 0.25) is 5.91 Å². The number of aromatic amines is 1. The molecule has 5 heteroatoms. The first-order valence-electron chi connectivity index (χ1n) is 9.62. The van der Waals surface area contributed by atoms with Crippen LogP contribution in [0.25, 0.3) is 11.0 Å². The van der Waals surface area contributed by atoms with Crippen LogP contribution in [-0.2, 0) is 11.3 Å². The van der Waals surface area contributed by atoms with E-state index in [9.17, 15) is 4.79 Å². The molecule has 1 aliphatic rings. The molecule has 0 spiro atoms. The van der Waals surface area contributed by atoms with Gasteiger partial charge in [0.15, 0.2) is 0 Å². The Hall–Kier alpha value is -2.82. The zero-order valence-electron chi connectivity index (χ0n) is 16.2. The Labute approximate surface area is 159 Å². The molecule has 2 N–H and O–H groups in total. The lowest BCUT2D eigenvalue weighted by atomic mass is 10.0. The fourth-order valence-corrected chi connectivity index (χ4v) is 3.91. The lowest BCUT2D eigenvalue weighted by Gasteiger charge is -2.27. The normalized spacial score (nSPS) is 14.8. The summed E-state index contributed by atoms with van der Waals surface area (Å²) in [7, 11) is 0. The van der Waals surface area contributed by atoms with Crippen molar-refractivity contribution < 1.29 is 4.79 Å². The average molecular weight is 362 g/mol. The van der Waals surface area contributed by atoms with Crippen molar-refractivity contribution in [1.82, 2.24) is 9.97 Å². The Kier molecular flexibility index (Phi) is 4.60. The third-order valence-corrected chi connectivity index (χ3v) is 5.42. The minimum Gasteiger partial charge on any atom is -0.379 e. The second-order valence-corrected chi connectivity index (χ2v) is 7.44. The number of hydrogen-bond donors (Lipinski definition) is 2. The predicted octanol–water partition coefficient (Wildman–Crippen LogP) is 4.62. The van der Waals surface area contributed by atoms with Crippen LogP contribution >= 0.6 is 0 Å². The number of carbonyl (C=O) groups is 1. The summed E-state index contributed by atoms with van der Waals surface area (Å²) in [6, 6.07) is 10.5. The molecule has 0 saturated carbocycles. The molecule has 27 heavy (non-hydrogen) atoms. The van der Waals surface area contributed by atoms with Crippen molar-refractivity contribution in [2.24, 2.45) is 0 Å². The maximum absolute atomic E-state index is 12.4. The Balaban J connectivity index is 1.71. The SMILES string of the molecule is Cc1nc2c(NCc3c(C)cccc3C)cc(N3CCCCC3=O)cc2[nH]1. The van der Waals surface area contributed by atoms with Gasteiger partial charge in [-0.1, -0.05) is 18.2 Å². The first-order valence-corrected chi connectivity index (χ1v) is 9.62. The van der Waals surface area contributed by atoms with E-state index >= 15 is 0 Å². The maximum atomic E-state index is 12.4. The number of fused-ring (bicyclic) bond motifs is 1. The number of imidazole rings is 1. The van der Waals surface area contributed by atoms with Crippen molar-refractivity contribution in [1.29, 1.82) is 0 Å². The first kappa shape index (κ1) is 17.6. The minimum absolute atomic E-state index is 0.206. The van der Waals surface area contributed by atoms with Crippen molar-refractivity contribution in [3.63, 3.8) is 0 Å². The van der Waals surface area contributed by atoms with Crippen LogP contribution in [0, 0.1) is 20.8 Å². The summed E-state index contributed by atoms with van der Waals surface area (Å²) < 4.78 is 0. The molecule has 1 amide bonds.